The third-order valence-electron chi connectivity index (χ3n) is 3.05. The van der Waals surface area contributed by atoms with E-state index in [1.54, 1.807) is 0 Å². The molecular weight excluding hydrogens is 216 g/mol. The molecule has 0 fully saturated rings. The first-order chi connectivity index (χ1) is 7.56. The topological polar surface area (TPSA) is 0 Å². The number of alkyl halides is 1. The Hall–Kier alpha value is 0.0300. The first-order valence-corrected chi connectivity index (χ1v) is 7.32. The van der Waals surface area contributed by atoms with Crippen LogP contribution in [0.5, 0.6) is 0 Å². The van der Waals surface area contributed by atoms with Crippen molar-refractivity contribution in [3.05, 3.63) is 12.2 Å². The number of allylic oxidation sites excluding steroid dienone is 2. The second-order valence-electron chi connectivity index (χ2n) is 5.55. The Bertz CT molecular complexity index is 172. The average Bonchev–Trinajstić information content (AvgIpc) is 2.17. The van der Waals surface area contributed by atoms with Crippen LogP contribution in [0.4, 0.5) is 0 Å². The Labute approximate surface area is 107 Å². The zero-order valence-electron chi connectivity index (χ0n) is 11.5. The molecule has 0 N–H and O–H groups in total. The van der Waals surface area contributed by atoms with E-state index < -0.39 is 0 Å². The van der Waals surface area contributed by atoms with Gasteiger partial charge in [0, 0.05) is 5.88 Å². The fraction of sp³-hybridized carbons (Fsp3) is 0.867. The fourth-order valence-corrected chi connectivity index (χ4v) is 2.15. The number of rotatable bonds is 9. The van der Waals surface area contributed by atoms with Gasteiger partial charge < -0.3 is 0 Å². The number of hydrogen-bond donors (Lipinski definition) is 0. The molecule has 1 heteroatoms. The standard InChI is InChI=1S/C15H29Cl/c1-13(2)7-5-8-14(3)9-6-10-15(4)11-12-16/h6,10,13-15H,5,7-9,11-12H2,1-4H3/b10-6-/t14-,15+/m1/s1. The lowest BCUT2D eigenvalue weighted by molar-refractivity contribution is 0.460. The van der Waals surface area contributed by atoms with Crippen LogP contribution < -0.4 is 0 Å². The van der Waals surface area contributed by atoms with E-state index in [2.05, 4.69) is 39.8 Å². The molecule has 0 aliphatic heterocycles. The Morgan fingerprint density at radius 1 is 1.00 bits per heavy atom. The van der Waals surface area contributed by atoms with Crippen molar-refractivity contribution in [1.82, 2.24) is 0 Å². The van der Waals surface area contributed by atoms with Gasteiger partial charge in [0.05, 0.1) is 0 Å². The third-order valence-corrected chi connectivity index (χ3v) is 3.26. The first kappa shape index (κ1) is 16.0. The largest absolute Gasteiger partial charge is 0.127 e. The minimum Gasteiger partial charge on any atom is -0.127 e. The van der Waals surface area contributed by atoms with E-state index in [4.69, 9.17) is 11.6 Å². The summed E-state index contributed by atoms with van der Waals surface area (Å²) in [7, 11) is 0. The highest BCUT2D eigenvalue weighted by Gasteiger charge is 2.01. The van der Waals surface area contributed by atoms with E-state index in [0.717, 1.165) is 24.1 Å². The molecule has 0 nitrogen and oxygen atoms in total. The van der Waals surface area contributed by atoms with Gasteiger partial charge in [-0.25, -0.2) is 0 Å². The molecule has 0 unspecified atom stereocenters. The zero-order chi connectivity index (χ0) is 12.4. The van der Waals surface area contributed by atoms with E-state index in [1.807, 2.05) is 0 Å². The predicted molar refractivity (Wildman–Crippen MR) is 76.1 cm³/mol. The van der Waals surface area contributed by atoms with Gasteiger partial charge in [0.1, 0.15) is 0 Å². The lowest BCUT2D eigenvalue weighted by Crippen LogP contribution is -1.96. The van der Waals surface area contributed by atoms with E-state index in [-0.39, 0.29) is 0 Å². The van der Waals surface area contributed by atoms with Crippen molar-refractivity contribution in [1.29, 1.82) is 0 Å². The highest BCUT2D eigenvalue weighted by Crippen LogP contribution is 2.16. The Morgan fingerprint density at radius 3 is 2.25 bits per heavy atom. The second-order valence-corrected chi connectivity index (χ2v) is 5.93. The lowest BCUT2D eigenvalue weighted by atomic mass is 9.96. The number of hydrogen-bond acceptors (Lipinski definition) is 0. The molecule has 16 heavy (non-hydrogen) atoms. The minimum atomic E-state index is 0.639. The highest BCUT2D eigenvalue weighted by molar-refractivity contribution is 6.17. The molecule has 0 spiro atoms. The lowest BCUT2D eigenvalue weighted by Gasteiger charge is -2.10. The van der Waals surface area contributed by atoms with Gasteiger partial charge in [0.25, 0.3) is 0 Å². The molecule has 0 rings (SSSR count). The quantitative estimate of drug-likeness (QED) is 0.363. The summed E-state index contributed by atoms with van der Waals surface area (Å²) in [5.41, 5.74) is 0. The summed E-state index contributed by atoms with van der Waals surface area (Å²) in [6, 6.07) is 0. The summed E-state index contributed by atoms with van der Waals surface area (Å²) in [6.45, 7) is 9.20. The molecule has 0 saturated carbocycles. The van der Waals surface area contributed by atoms with Crippen LogP contribution in [-0.4, -0.2) is 5.88 Å². The maximum atomic E-state index is 5.70. The van der Waals surface area contributed by atoms with E-state index >= 15 is 0 Å². The van der Waals surface area contributed by atoms with Crippen molar-refractivity contribution in [2.24, 2.45) is 17.8 Å². The molecule has 0 amide bonds. The zero-order valence-corrected chi connectivity index (χ0v) is 12.3. The van der Waals surface area contributed by atoms with Gasteiger partial charge in [0.2, 0.25) is 0 Å². The predicted octanol–water partition coefficient (Wildman–Crippen LogP) is 5.66. The van der Waals surface area contributed by atoms with Gasteiger partial charge in [-0.05, 0) is 30.6 Å². The van der Waals surface area contributed by atoms with E-state index in [0.29, 0.717) is 5.92 Å². The van der Waals surface area contributed by atoms with Gasteiger partial charge in [-0.3, -0.25) is 0 Å². The van der Waals surface area contributed by atoms with Crippen LogP contribution in [0.2, 0.25) is 0 Å². The van der Waals surface area contributed by atoms with Crippen LogP contribution in [-0.2, 0) is 0 Å². The molecular formula is C15H29Cl. The molecule has 0 saturated heterocycles. The Balaban J connectivity index is 3.52. The average molecular weight is 245 g/mol. The summed E-state index contributed by atoms with van der Waals surface area (Å²) in [6.07, 6.45) is 11.1. The van der Waals surface area contributed by atoms with Crippen molar-refractivity contribution in [2.75, 3.05) is 5.88 Å². The molecule has 0 heterocycles. The van der Waals surface area contributed by atoms with Crippen LogP contribution in [0, 0.1) is 17.8 Å². The van der Waals surface area contributed by atoms with Gasteiger partial charge in [-0.1, -0.05) is 59.1 Å². The minimum absolute atomic E-state index is 0.639. The molecule has 0 aromatic heterocycles. The van der Waals surface area contributed by atoms with Crippen LogP contribution in [0.15, 0.2) is 12.2 Å². The maximum absolute atomic E-state index is 5.70. The molecule has 2 atom stereocenters. The SMILES string of the molecule is CC(C)CCC[C@@H](C)C/C=C\[C@H](C)CCCl. The van der Waals surface area contributed by atoms with E-state index in [9.17, 15) is 0 Å². The van der Waals surface area contributed by atoms with Gasteiger partial charge in [0.15, 0.2) is 0 Å². The molecule has 0 radical (unpaired) electrons. The van der Waals surface area contributed by atoms with Crippen molar-refractivity contribution < 1.29 is 0 Å². The van der Waals surface area contributed by atoms with Crippen molar-refractivity contribution in [2.45, 2.75) is 59.8 Å². The molecule has 0 aliphatic carbocycles. The molecule has 0 aromatic rings. The smallest absolute Gasteiger partial charge is 0.0228 e. The van der Waals surface area contributed by atoms with Crippen LogP contribution in [0.3, 0.4) is 0 Å². The highest BCUT2D eigenvalue weighted by atomic mass is 35.5. The summed E-state index contributed by atoms with van der Waals surface area (Å²) < 4.78 is 0. The summed E-state index contributed by atoms with van der Waals surface area (Å²) in [5, 5.41) is 0. The normalized spacial score (nSPS) is 15.9. The van der Waals surface area contributed by atoms with Crippen LogP contribution in [0.1, 0.15) is 59.8 Å². The molecule has 0 aliphatic rings. The summed E-state index contributed by atoms with van der Waals surface area (Å²) in [4.78, 5) is 0. The second kappa shape index (κ2) is 10.2. The van der Waals surface area contributed by atoms with Crippen LogP contribution >= 0.6 is 11.6 Å². The van der Waals surface area contributed by atoms with Crippen molar-refractivity contribution in [3.8, 4) is 0 Å². The van der Waals surface area contributed by atoms with Crippen LogP contribution in [0.25, 0.3) is 0 Å². The summed E-state index contributed by atoms with van der Waals surface area (Å²) in [5.74, 6) is 3.10. The van der Waals surface area contributed by atoms with Gasteiger partial charge in [-0.2, -0.15) is 0 Å². The number of halogens is 1. The molecule has 96 valence electrons. The maximum Gasteiger partial charge on any atom is 0.0228 e. The Morgan fingerprint density at radius 2 is 1.69 bits per heavy atom. The fourth-order valence-electron chi connectivity index (χ4n) is 1.80. The summed E-state index contributed by atoms with van der Waals surface area (Å²) >= 11 is 5.70. The monoisotopic (exact) mass is 244 g/mol. The Kier molecular flexibility index (Phi) is 10.2. The molecule has 0 aromatic carbocycles. The van der Waals surface area contributed by atoms with Gasteiger partial charge >= 0.3 is 0 Å². The third kappa shape index (κ3) is 10.5. The van der Waals surface area contributed by atoms with E-state index in [1.165, 1.54) is 25.7 Å². The first-order valence-electron chi connectivity index (χ1n) is 6.78. The van der Waals surface area contributed by atoms with Crippen molar-refractivity contribution >= 4 is 11.6 Å². The van der Waals surface area contributed by atoms with Crippen molar-refractivity contribution in [3.63, 3.8) is 0 Å². The molecule has 0 bridgehead atoms. The van der Waals surface area contributed by atoms with Gasteiger partial charge in [-0.15, -0.1) is 11.6 Å².